The number of ketones is 1. The average molecular weight is 316 g/mol. The van der Waals surface area contributed by atoms with E-state index in [1.807, 2.05) is 0 Å². The maximum absolute atomic E-state index is 11.9. The Labute approximate surface area is 135 Å². The highest BCUT2D eigenvalue weighted by Crippen LogP contribution is 2.16. The molecule has 0 aliphatic heterocycles. The number of methoxy groups -OCH3 is 1. The summed E-state index contributed by atoms with van der Waals surface area (Å²) >= 11 is 0. The number of carbonyl (C=O) groups excluding carboxylic acids is 3. The van der Waals surface area contributed by atoms with Crippen LogP contribution in [0.1, 0.15) is 30.6 Å². The van der Waals surface area contributed by atoms with Crippen molar-refractivity contribution in [3.63, 3.8) is 0 Å². The molecule has 1 atom stereocenters. The Morgan fingerprint density at radius 3 is 2.30 bits per heavy atom. The maximum atomic E-state index is 11.9. The lowest BCUT2D eigenvalue weighted by atomic mass is 9.99. The van der Waals surface area contributed by atoms with E-state index in [0.29, 0.717) is 11.1 Å². The molecule has 0 bridgehead atoms. The zero-order chi connectivity index (χ0) is 17.4. The highest BCUT2D eigenvalue weighted by molar-refractivity contribution is 5.97. The van der Waals surface area contributed by atoms with Crippen molar-refractivity contribution in [2.24, 2.45) is 5.92 Å². The molecule has 0 aliphatic carbocycles. The molecule has 122 valence electrons. The predicted octanol–water partition coefficient (Wildman–Crippen LogP) is 3.07. The fourth-order valence-corrected chi connectivity index (χ4v) is 1.80. The summed E-state index contributed by atoms with van der Waals surface area (Å²) in [4.78, 5) is 34.9. The van der Waals surface area contributed by atoms with E-state index in [-0.39, 0.29) is 18.0 Å². The molecule has 0 heterocycles. The average Bonchev–Trinajstić information content (AvgIpc) is 2.54. The number of carbonyl (C=O) groups is 3. The minimum absolute atomic E-state index is 0.162. The first-order valence-electron chi connectivity index (χ1n) is 7.08. The second-order valence-electron chi connectivity index (χ2n) is 4.99. The second kappa shape index (κ2) is 8.68. The van der Waals surface area contributed by atoms with Crippen molar-refractivity contribution < 1.29 is 23.9 Å². The third-order valence-electron chi connectivity index (χ3n) is 3.30. The van der Waals surface area contributed by atoms with E-state index in [4.69, 9.17) is 4.74 Å². The number of allylic oxidation sites excluding steroid dienone is 2. The number of hydrogen-bond donors (Lipinski definition) is 0. The van der Waals surface area contributed by atoms with Crippen molar-refractivity contribution >= 4 is 17.7 Å². The molecule has 0 spiro atoms. The van der Waals surface area contributed by atoms with Gasteiger partial charge in [-0.05, 0) is 38.0 Å². The third kappa shape index (κ3) is 5.54. The van der Waals surface area contributed by atoms with Crippen LogP contribution in [0.4, 0.5) is 0 Å². The summed E-state index contributed by atoms with van der Waals surface area (Å²) in [5, 5.41) is 0. The molecule has 0 amide bonds. The van der Waals surface area contributed by atoms with Gasteiger partial charge in [-0.1, -0.05) is 30.9 Å². The molecule has 0 radical (unpaired) electrons. The molecule has 1 rings (SSSR count). The Balaban J connectivity index is 2.70. The van der Waals surface area contributed by atoms with E-state index >= 15 is 0 Å². The van der Waals surface area contributed by atoms with Crippen LogP contribution in [0.3, 0.4) is 0 Å². The van der Waals surface area contributed by atoms with Crippen LogP contribution in [-0.2, 0) is 19.1 Å². The van der Waals surface area contributed by atoms with Gasteiger partial charge in [-0.15, -0.1) is 0 Å². The molecular formula is C18H20O5. The van der Waals surface area contributed by atoms with Crippen LogP contribution in [0, 0.1) is 5.92 Å². The number of benzene rings is 1. The van der Waals surface area contributed by atoms with Crippen LogP contribution in [-0.4, -0.2) is 24.8 Å². The molecule has 1 unspecified atom stereocenters. The van der Waals surface area contributed by atoms with Crippen molar-refractivity contribution in [3.8, 4) is 0 Å². The van der Waals surface area contributed by atoms with Gasteiger partial charge in [0.15, 0.2) is 0 Å². The highest BCUT2D eigenvalue weighted by atomic mass is 16.5. The molecule has 5 nitrogen and oxygen atoms in total. The normalized spacial score (nSPS) is 12.2. The number of rotatable bonds is 7. The van der Waals surface area contributed by atoms with Crippen molar-refractivity contribution in [2.45, 2.75) is 20.3 Å². The van der Waals surface area contributed by atoms with Crippen molar-refractivity contribution in [1.29, 1.82) is 0 Å². The lowest BCUT2D eigenvalue weighted by Gasteiger charge is -2.11. The molecule has 0 fully saturated rings. The summed E-state index contributed by atoms with van der Waals surface area (Å²) in [6.45, 7) is 6.71. The zero-order valence-corrected chi connectivity index (χ0v) is 13.5. The van der Waals surface area contributed by atoms with Gasteiger partial charge in [-0.25, -0.2) is 4.79 Å². The Morgan fingerprint density at radius 1 is 1.17 bits per heavy atom. The molecule has 0 N–H and O–H groups in total. The standard InChI is InChI=1S/C18H20O5/c1-12(10-11-16(13(2)19)18(21)22-4)14(3)23-17(20)15-8-6-5-7-9-15/h5-10,16H,3,11H2,1-2,4H3/b12-10+. The molecule has 0 saturated heterocycles. The van der Waals surface area contributed by atoms with Crippen LogP contribution in [0.5, 0.6) is 0 Å². The van der Waals surface area contributed by atoms with Gasteiger partial charge in [-0.2, -0.15) is 0 Å². The Hall–Kier alpha value is -2.69. The smallest absolute Gasteiger partial charge is 0.343 e. The first kappa shape index (κ1) is 18.4. The lowest BCUT2D eigenvalue weighted by Crippen LogP contribution is -2.22. The topological polar surface area (TPSA) is 69.7 Å². The third-order valence-corrected chi connectivity index (χ3v) is 3.30. The van der Waals surface area contributed by atoms with Crippen molar-refractivity contribution in [3.05, 3.63) is 59.9 Å². The number of esters is 2. The van der Waals surface area contributed by atoms with E-state index < -0.39 is 17.9 Å². The fourth-order valence-electron chi connectivity index (χ4n) is 1.80. The second-order valence-corrected chi connectivity index (χ2v) is 4.99. The minimum Gasteiger partial charge on any atom is -0.468 e. The van der Waals surface area contributed by atoms with E-state index in [0.717, 1.165) is 0 Å². The molecule has 1 aromatic rings. The molecule has 1 aromatic carbocycles. The van der Waals surface area contributed by atoms with Gasteiger partial charge in [0.2, 0.25) is 0 Å². The van der Waals surface area contributed by atoms with Gasteiger partial charge in [0.25, 0.3) is 0 Å². The quantitative estimate of drug-likeness (QED) is 0.335. The van der Waals surface area contributed by atoms with Crippen LogP contribution >= 0.6 is 0 Å². The van der Waals surface area contributed by atoms with E-state index in [2.05, 4.69) is 11.3 Å². The summed E-state index contributed by atoms with van der Waals surface area (Å²) in [5.41, 5.74) is 0.988. The van der Waals surface area contributed by atoms with Gasteiger partial charge >= 0.3 is 11.9 Å². The van der Waals surface area contributed by atoms with Crippen LogP contribution < -0.4 is 0 Å². The zero-order valence-electron chi connectivity index (χ0n) is 13.5. The van der Waals surface area contributed by atoms with E-state index in [9.17, 15) is 14.4 Å². The summed E-state index contributed by atoms with van der Waals surface area (Å²) in [6.07, 6.45) is 1.79. The number of Topliss-reactive ketones (excluding diaryl/α,β-unsaturated/α-hetero) is 1. The highest BCUT2D eigenvalue weighted by Gasteiger charge is 2.23. The Morgan fingerprint density at radius 2 is 1.78 bits per heavy atom. The van der Waals surface area contributed by atoms with Gasteiger partial charge in [-0.3, -0.25) is 9.59 Å². The molecular weight excluding hydrogens is 296 g/mol. The minimum atomic E-state index is -0.868. The van der Waals surface area contributed by atoms with Gasteiger partial charge in [0, 0.05) is 0 Å². The van der Waals surface area contributed by atoms with E-state index in [1.54, 1.807) is 43.3 Å². The molecule has 23 heavy (non-hydrogen) atoms. The SMILES string of the molecule is C=C(OC(=O)c1ccccc1)/C(C)=C/CC(C(C)=O)C(=O)OC. The molecule has 0 saturated carbocycles. The van der Waals surface area contributed by atoms with Gasteiger partial charge in [0.1, 0.15) is 17.5 Å². The Kier molecular flexibility index (Phi) is 6.93. The largest absolute Gasteiger partial charge is 0.468 e. The summed E-state index contributed by atoms with van der Waals surface area (Å²) in [5.74, 6) is -2.08. The van der Waals surface area contributed by atoms with Crippen LogP contribution in [0.15, 0.2) is 54.3 Å². The Bertz CT molecular complexity index is 628. The molecule has 0 aromatic heterocycles. The maximum Gasteiger partial charge on any atom is 0.343 e. The van der Waals surface area contributed by atoms with E-state index in [1.165, 1.54) is 14.0 Å². The van der Waals surface area contributed by atoms with Crippen molar-refractivity contribution in [1.82, 2.24) is 0 Å². The summed E-state index contributed by atoms with van der Waals surface area (Å²) < 4.78 is 9.77. The van der Waals surface area contributed by atoms with Gasteiger partial charge in [0.05, 0.1) is 12.7 Å². The summed E-state index contributed by atoms with van der Waals surface area (Å²) in [6, 6.07) is 8.53. The number of ether oxygens (including phenoxy) is 2. The molecule has 0 aliphatic rings. The first-order chi connectivity index (χ1) is 10.9. The predicted molar refractivity (Wildman–Crippen MR) is 85.6 cm³/mol. The fraction of sp³-hybridized carbons (Fsp3) is 0.278. The van der Waals surface area contributed by atoms with Crippen LogP contribution in [0.25, 0.3) is 0 Å². The van der Waals surface area contributed by atoms with Crippen molar-refractivity contribution in [2.75, 3.05) is 7.11 Å². The van der Waals surface area contributed by atoms with Gasteiger partial charge < -0.3 is 9.47 Å². The number of hydrogen-bond acceptors (Lipinski definition) is 5. The first-order valence-corrected chi connectivity index (χ1v) is 7.08. The molecule has 5 heteroatoms. The van der Waals surface area contributed by atoms with Crippen LogP contribution in [0.2, 0.25) is 0 Å². The monoisotopic (exact) mass is 316 g/mol. The lowest BCUT2D eigenvalue weighted by molar-refractivity contribution is -0.148. The summed E-state index contributed by atoms with van der Waals surface area (Å²) in [7, 11) is 1.23.